The van der Waals surface area contributed by atoms with Gasteiger partial charge in [0.1, 0.15) is 57.6 Å². The second kappa shape index (κ2) is 32.1. The van der Waals surface area contributed by atoms with Crippen molar-refractivity contribution in [2.45, 2.75) is 55.3 Å². The van der Waals surface area contributed by atoms with Gasteiger partial charge in [-0.2, -0.15) is 22.8 Å². The fourth-order valence-corrected chi connectivity index (χ4v) is 19.1. The number of hydrogen-bond donors (Lipinski definition) is 0. The van der Waals surface area contributed by atoms with Gasteiger partial charge in [-0.05, 0) is 198 Å². The summed E-state index contributed by atoms with van der Waals surface area (Å²) >= 11 is 0. The number of fused-ring (bicyclic) bond motifs is 23. The highest BCUT2D eigenvalue weighted by Crippen LogP contribution is 2.42. The summed E-state index contributed by atoms with van der Waals surface area (Å²) in [6.07, 6.45) is 12.2. The number of furan rings is 5. The fourth-order valence-electron chi connectivity index (χ4n) is 19.1. The Morgan fingerprint density at radius 3 is 0.914 bits per heavy atom. The molecule has 0 radical (unpaired) electrons. The lowest BCUT2D eigenvalue weighted by molar-refractivity contribution is -0.659. The van der Waals surface area contributed by atoms with E-state index in [1.165, 1.54) is 148 Å². The Kier molecular flexibility index (Phi) is 19.1. The molecule has 0 saturated carbocycles. The molecule has 0 amide bonds. The minimum absolute atomic E-state index is 0.363. The number of aromatic nitrogens is 6. The predicted octanol–water partition coefficient (Wildman–Crippen LogP) is 28.0. The molecule has 0 bridgehead atoms. The van der Waals surface area contributed by atoms with Gasteiger partial charge in [0, 0.05) is 122 Å². The molecule has 0 N–H and O–H groups in total. The summed E-state index contributed by atoms with van der Waals surface area (Å²) < 4.78 is 64.2. The van der Waals surface area contributed by atoms with Crippen molar-refractivity contribution < 1.29 is 49.0 Å². The van der Waals surface area contributed by atoms with Gasteiger partial charge in [-0.1, -0.05) is 223 Å². The number of aryl methyl sites for hydroxylation is 13. The highest BCUT2D eigenvalue weighted by Gasteiger charge is 2.27. The van der Waals surface area contributed by atoms with Crippen molar-refractivity contribution in [1.82, 2.24) is 4.98 Å². The van der Waals surface area contributed by atoms with Crippen molar-refractivity contribution in [1.29, 1.82) is 0 Å². The van der Waals surface area contributed by atoms with E-state index in [1.807, 2.05) is 67.5 Å². The summed E-state index contributed by atoms with van der Waals surface area (Å²) in [5.41, 5.74) is 29.6. The molecule has 0 aliphatic heterocycles. The maximum Gasteiger partial charge on any atom is 0.228 e. The molecule has 25 rings (SSSR count). The second-order valence-electron chi connectivity index (χ2n) is 34.3. The molecule has 11 heteroatoms. The molecule has 0 spiro atoms. The minimum Gasteiger partial charge on any atom is -0.450 e. The van der Waals surface area contributed by atoms with E-state index in [0.29, 0.717) is 11.3 Å². The zero-order chi connectivity index (χ0) is 89.9. The van der Waals surface area contributed by atoms with Gasteiger partial charge in [-0.25, -0.2) is 4.98 Å². The van der Waals surface area contributed by atoms with Crippen LogP contribution in [0.4, 0.5) is 0 Å². The van der Waals surface area contributed by atoms with E-state index in [0.717, 1.165) is 105 Å². The summed E-state index contributed by atoms with van der Waals surface area (Å²) in [5.74, 6) is 0. The number of pyridine rings is 6. The molecular weight excluding hydrogens is 1570 g/mol. The maximum absolute atomic E-state index is 7.66. The lowest BCUT2D eigenvalue weighted by atomic mass is 10.00. The normalized spacial score (nSPS) is 12.1. The summed E-state index contributed by atoms with van der Waals surface area (Å²) in [4.78, 5) is 4.52. The highest BCUT2D eigenvalue weighted by atomic mass is 16.3. The Bertz CT molecular complexity index is 8960. The van der Waals surface area contributed by atoms with Crippen molar-refractivity contribution in [2.75, 3.05) is 0 Å². The van der Waals surface area contributed by atoms with Crippen LogP contribution < -0.4 is 22.8 Å². The largest absolute Gasteiger partial charge is 0.450 e. The van der Waals surface area contributed by atoms with Gasteiger partial charge >= 0.3 is 0 Å². The number of benzene rings is 14. The van der Waals surface area contributed by atoms with Crippen molar-refractivity contribution >= 4 is 164 Å². The summed E-state index contributed by atoms with van der Waals surface area (Å²) in [7, 11) is 10.3. The summed E-state index contributed by atoms with van der Waals surface area (Å²) in [6, 6.07) is 106. The first-order chi connectivity index (χ1) is 63.5. The minimum atomic E-state index is -2.10. The second-order valence-corrected chi connectivity index (χ2v) is 34.3. The van der Waals surface area contributed by atoms with E-state index < -0.39 is 6.85 Å². The van der Waals surface area contributed by atoms with E-state index in [-0.39, 0.29) is 0 Å². The third kappa shape index (κ3) is 14.3. The van der Waals surface area contributed by atoms with Gasteiger partial charge in [-0.15, -0.1) is 0 Å². The van der Waals surface area contributed by atoms with E-state index >= 15 is 0 Å². The SMILES string of the molecule is Cc1ccc(-c2cc3c(c[n+]2C)oc2cc4ccccc4cc23)c(C)c1.Cc1ccc(-c2cc3c(c[n+]2C)oc2ccc4ccccc4c23)c(C)c1.Cc1ccccc1-c1cc2c(c[n+]1C)oc1cc3ccccc3cc12.Cc1ccccc1-c1cc2c(c[n+]1C)oc1ncc3ccccc3c12.[2H]C([2H])([2H])c1ccc(-c2cc3c(c[n+]2C)oc2ccc4ccccc4c23)c(C)c1. The van der Waals surface area contributed by atoms with Crippen LogP contribution in [0.25, 0.3) is 220 Å². The molecule has 0 unspecified atom stereocenters. The van der Waals surface area contributed by atoms with Crippen LogP contribution in [0.3, 0.4) is 0 Å². The fraction of sp³-hybridized carbons (Fsp3) is 0.111. The number of nitrogens with zero attached hydrogens (tertiary/aromatic N) is 6. The van der Waals surface area contributed by atoms with Crippen molar-refractivity contribution in [3.63, 3.8) is 0 Å². The average molecular weight is 1670 g/mol. The Balaban J connectivity index is 0.0000000990. The Morgan fingerprint density at radius 2 is 0.516 bits per heavy atom. The molecule has 0 atom stereocenters. The van der Waals surface area contributed by atoms with Crippen LogP contribution in [-0.4, -0.2) is 4.98 Å². The topological polar surface area (TPSA) is 98.0 Å². The van der Waals surface area contributed by atoms with Gasteiger partial charge in [0.15, 0.2) is 22.3 Å². The lowest BCUT2D eigenvalue weighted by Gasteiger charge is -2.06. The highest BCUT2D eigenvalue weighted by molar-refractivity contribution is 6.21. The van der Waals surface area contributed by atoms with Crippen molar-refractivity contribution in [3.8, 4) is 56.3 Å². The quantitative estimate of drug-likeness (QED) is 0.159. The van der Waals surface area contributed by atoms with Crippen LogP contribution in [-0.2, 0) is 35.2 Å². The van der Waals surface area contributed by atoms with Crippen LogP contribution in [0.5, 0.6) is 0 Å². The number of hydrogen-bond acceptors (Lipinski definition) is 6. The predicted molar refractivity (Wildman–Crippen MR) is 525 cm³/mol. The smallest absolute Gasteiger partial charge is 0.228 e. The molecule has 25 aromatic rings. The molecular formula is C117H95N6O5+5. The molecule has 618 valence electrons. The third-order valence-corrected chi connectivity index (χ3v) is 25.6. The molecule has 0 aliphatic carbocycles. The molecule has 11 nitrogen and oxygen atoms in total. The van der Waals surface area contributed by atoms with Crippen molar-refractivity contribution in [3.05, 3.63) is 385 Å². The first-order valence-corrected chi connectivity index (χ1v) is 43.4. The maximum atomic E-state index is 7.66. The first kappa shape index (κ1) is 76.0. The number of rotatable bonds is 5. The molecule has 0 fully saturated rings. The molecule has 128 heavy (non-hydrogen) atoms. The van der Waals surface area contributed by atoms with Crippen molar-refractivity contribution in [2.24, 2.45) is 35.2 Å². The third-order valence-electron chi connectivity index (χ3n) is 25.6. The molecule has 14 aromatic carbocycles. The molecule has 0 aliphatic rings. The van der Waals surface area contributed by atoms with Crippen LogP contribution in [0.1, 0.15) is 48.6 Å². The summed E-state index contributed by atoms with van der Waals surface area (Å²) in [5, 5.41) is 23.4. The van der Waals surface area contributed by atoms with E-state index in [4.69, 9.17) is 26.2 Å². The van der Waals surface area contributed by atoms with E-state index in [9.17, 15) is 0 Å². The zero-order valence-corrected chi connectivity index (χ0v) is 73.6. The monoisotopic (exact) mass is 1670 g/mol. The molecule has 11 aromatic heterocycles. The Hall–Kier alpha value is -15.7. The van der Waals surface area contributed by atoms with Crippen LogP contribution in [0.15, 0.2) is 363 Å². The Morgan fingerprint density at radius 1 is 0.219 bits per heavy atom. The van der Waals surface area contributed by atoms with Crippen LogP contribution in [0, 0.1) is 55.3 Å². The van der Waals surface area contributed by atoms with Gasteiger partial charge in [0.05, 0.1) is 5.39 Å². The molecule has 0 saturated heterocycles. The van der Waals surface area contributed by atoms with Gasteiger partial charge in [0.25, 0.3) is 0 Å². The molecule has 11 heterocycles. The summed E-state index contributed by atoms with van der Waals surface area (Å²) in [6.45, 7) is 12.8. The Labute approximate surface area is 744 Å². The lowest BCUT2D eigenvalue weighted by Crippen LogP contribution is -2.30. The van der Waals surface area contributed by atoms with Gasteiger partial charge in [0.2, 0.25) is 70.8 Å². The first-order valence-electron chi connectivity index (χ1n) is 44.9. The van der Waals surface area contributed by atoms with Gasteiger partial charge in [-0.3, -0.25) is 0 Å². The zero-order valence-electron chi connectivity index (χ0n) is 76.6. The van der Waals surface area contributed by atoms with Crippen LogP contribution in [0.2, 0.25) is 0 Å². The van der Waals surface area contributed by atoms with E-state index in [2.05, 4.69) is 372 Å². The van der Waals surface area contributed by atoms with Crippen LogP contribution >= 0.6 is 0 Å². The average Bonchev–Trinajstić information content (AvgIpc) is 1.59. The van der Waals surface area contributed by atoms with Gasteiger partial charge < -0.3 is 22.1 Å². The van der Waals surface area contributed by atoms with E-state index in [1.54, 1.807) is 12.1 Å². The standard InChI is InChI=1S/3C24H20NO.C23H18NO.C22H17N2O/c2*1-15-8-10-18(16(2)12-15)21-13-20-23(14-25(21)3)26-22-11-9-17-6-4-5-7-19(17)24(20)22;1-15-8-9-19(16(2)10-15)22-13-21-20-11-17-6-4-5-7-18(17)12-23(20)26-24(21)14-25(22)3;1-15-7-3-6-10-18(15)21-13-20-19-11-16-8-4-5-9-17(16)12-22(19)25-23(20)14-24(21)2;1-14-7-3-5-9-16(14)19-11-18-20(13-24(19)2)25-22-21(18)17-10-6-4-8-15(17)12-23-22/h3*4-14H,1-3H3;3-14H,1-2H3;3-13H,1-2H3/q5*+1/i1D3;;;;.